The number of unbranched alkanes of at least 4 members (excludes halogenated alkanes) is 1. The van der Waals surface area contributed by atoms with E-state index in [1.807, 2.05) is 0 Å². The number of amides is 1. The molecule has 0 saturated carbocycles. The van der Waals surface area contributed by atoms with Crippen molar-refractivity contribution in [3.05, 3.63) is 18.2 Å². The van der Waals surface area contributed by atoms with Crippen LogP contribution in [0.3, 0.4) is 0 Å². The van der Waals surface area contributed by atoms with Crippen LogP contribution in [0.4, 0.5) is 5.69 Å². The van der Waals surface area contributed by atoms with Crippen molar-refractivity contribution in [1.82, 2.24) is 0 Å². The van der Waals surface area contributed by atoms with Gasteiger partial charge < -0.3 is 14.8 Å². The van der Waals surface area contributed by atoms with Crippen molar-refractivity contribution in [3.8, 4) is 11.5 Å². The molecule has 0 heterocycles. The fourth-order valence-corrected chi connectivity index (χ4v) is 1.89. The number of halogens is 1. The van der Waals surface area contributed by atoms with Gasteiger partial charge in [-0.3, -0.25) is 4.79 Å². The molecular formula is C13H18BrNO3. The van der Waals surface area contributed by atoms with Crippen molar-refractivity contribution >= 4 is 27.5 Å². The van der Waals surface area contributed by atoms with Gasteiger partial charge in [-0.1, -0.05) is 15.9 Å². The Morgan fingerprint density at radius 3 is 2.67 bits per heavy atom. The lowest BCUT2D eigenvalue weighted by molar-refractivity contribution is -0.116. The number of hydrogen-bond acceptors (Lipinski definition) is 3. The maximum Gasteiger partial charge on any atom is 0.224 e. The Kier molecular flexibility index (Phi) is 6.57. The van der Waals surface area contributed by atoms with E-state index in [0.717, 1.165) is 18.2 Å². The molecule has 0 saturated heterocycles. The molecule has 100 valence electrons. The summed E-state index contributed by atoms with van der Waals surface area (Å²) in [4.78, 5) is 11.7. The molecule has 1 rings (SSSR count). The number of anilines is 1. The van der Waals surface area contributed by atoms with Crippen molar-refractivity contribution in [2.24, 2.45) is 0 Å². The van der Waals surface area contributed by atoms with Gasteiger partial charge in [-0.05, 0) is 25.0 Å². The van der Waals surface area contributed by atoms with E-state index < -0.39 is 0 Å². The maximum absolute atomic E-state index is 11.7. The molecule has 0 aliphatic heterocycles. The summed E-state index contributed by atoms with van der Waals surface area (Å²) >= 11 is 3.34. The number of nitrogens with one attached hydrogen (secondary N) is 1. The Morgan fingerprint density at radius 2 is 2.06 bits per heavy atom. The number of benzene rings is 1. The summed E-state index contributed by atoms with van der Waals surface area (Å²) in [6.45, 7) is 0. The first-order chi connectivity index (χ1) is 8.71. The molecule has 0 fully saturated rings. The molecule has 0 spiro atoms. The highest BCUT2D eigenvalue weighted by molar-refractivity contribution is 9.09. The monoisotopic (exact) mass is 315 g/mol. The number of hydrogen-bond donors (Lipinski definition) is 1. The Labute approximate surface area is 116 Å². The third-order valence-electron chi connectivity index (χ3n) is 2.47. The standard InChI is InChI=1S/C13H18BrNO3/c1-17-10-6-7-11(12(9-10)18-2)15-13(16)5-3-4-8-14/h6-7,9H,3-5,8H2,1-2H3,(H,15,16). The lowest BCUT2D eigenvalue weighted by atomic mass is 10.2. The topological polar surface area (TPSA) is 47.6 Å². The summed E-state index contributed by atoms with van der Waals surface area (Å²) in [5.41, 5.74) is 0.669. The van der Waals surface area contributed by atoms with Crippen molar-refractivity contribution in [2.45, 2.75) is 19.3 Å². The minimum Gasteiger partial charge on any atom is -0.497 e. The second-order valence-electron chi connectivity index (χ2n) is 3.76. The highest BCUT2D eigenvalue weighted by atomic mass is 79.9. The SMILES string of the molecule is COc1ccc(NC(=O)CCCCBr)c(OC)c1. The van der Waals surface area contributed by atoms with Gasteiger partial charge in [0.25, 0.3) is 0 Å². The minimum atomic E-state index is -0.000540. The molecule has 0 radical (unpaired) electrons. The number of rotatable bonds is 7. The number of carbonyl (C=O) groups excluding carboxylic acids is 1. The van der Waals surface area contributed by atoms with Gasteiger partial charge >= 0.3 is 0 Å². The highest BCUT2D eigenvalue weighted by Gasteiger charge is 2.08. The van der Waals surface area contributed by atoms with Gasteiger partial charge in [0.2, 0.25) is 5.91 Å². The molecule has 0 unspecified atom stereocenters. The van der Waals surface area contributed by atoms with E-state index in [2.05, 4.69) is 21.2 Å². The molecule has 1 aromatic rings. The molecule has 0 bridgehead atoms. The maximum atomic E-state index is 11.7. The van der Waals surface area contributed by atoms with Gasteiger partial charge in [-0.2, -0.15) is 0 Å². The van der Waals surface area contributed by atoms with Crippen molar-refractivity contribution in [1.29, 1.82) is 0 Å². The third-order valence-corrected chi connectivity index (χ3v) is 3.03. The molecule has 0 aliphatic carbocycles. The first-order valence-corrected chi connectivity index (χ1v) is 6.91. The predicted molar refractivity (Wildman–Crippen MR) is 75.8 cm³/mol. The second kappa shape index (κ2) is 7.97. The fourth-order valence-electron chi connectivity index (χ4n) is 1.49. The van der Waals surface area contributed by atoms with Gasteiger partial charge in [0.05, 0.1) is 19.9 Å². The molecule has 1 amide bonds. The summed E-state index contributed by atoms with van der Waals surface area (Å²) in [6, 6.07) is 5.31. The van der Waals surface area contributed by atoms with E-state index in [1.165, 1.54) is 0 Å². The molecule has 1 aromatic carbocycles. The Hall–Kier alpha value is -1.23. The lowest BCUT2D eigenvalue weighted by Gasteiger charge is -2.11. The molecule has 0 aromatic heterocycles. The number of ether oxygens (including phenoxy) is 2. The van der Waals surface area contributed by atoms with Crippen LogP contribution < -0.4 is 14.8 Å². The van der Waals surface area contributed by atoms with E-state index in [-0.39, 0.29) is 5.91 Å². The van der Waals surface area contributed by atoms with Crippen LogP contribution in [-0.2, 0) is 4.79 Å². The largest absolute Gasteiger partial charge is 0.497 e. The van der Waals surface area contributed by atoms with Crippen LogP contribution in [0.25, 0.3) is 0 Å². The average molecular weight is 316 g/mol. The zero-order chi connectivity index (χ0) is 13.4. The van der Waals surface area contributed by atoms with E-state index in [0.29, 0.717) is 23.6 Å². The molecular weight excluding hydrogens is 298 g/mol. The number of methoxy groups -OCH3 is 2. The lowest BCUT2D eigenvalue weighted by Crippen LogP contribution is -2.12. The van der Waals surface area contributed by atoms with E-state index in [1.54, 1.807) is 32.4 Å². The van der Waals surface area contributed by atoms with Crippen molar-refractivity contribution in [3.63, 3.8) is 0 Å². The summed E-state index contributed by atoms with van der Waals surface area (Å²) in [5.74, 6) is 1.30. The van der Waals surface area contributed by atoms with E-state index in [9.17, 15) is 4.79 Å². The van der Waals surface area contributed by atoms with Crippen LogP contribution in [-0.4, -0.2) is 25.5 Å². The first-order valence-electron chi connectivity index (χ1n) is 5.79. The predicted octanol–water partition coefficient (Wildman–Crippen LogP) is 3.21. The van der Waals surface area contributed by atoms with Gasteiger partial charge in [0.15, 0.2) is 0 Å². The molecule has 1 N–H and O–H groups in total. The summed E-state index contributed by atoms with van der Waals surface area (Å²) in [7, 11) is 3.16. The molecule has 0 atom stereocenters. The first kappa shape index (κ1) is 14.8. The zero-order valence-electron chi connectivity index (χ0n) is 10.7. The van der Waals surface area contributed by atoms with Crippen LogP contribution in [0.1, 0.15) is 19.3 Å². The highest BCUT2D eigenvalue weighted by Crippen LogP contribution is 2.29. The molecule has 0 aliphatic rings. The number of carbonyl (C=O) groups is 1. The molecule has 18 heavy (non-hydrogen) atoms. The summed E-state index contributed by atoms with van der Waals surface area (Å²) in [6.07, 6.45) is 2.38. The zero-order valence-corrected chi connectivity index (χ0v) is 12.2. The van der Waals surface area contributed by atoms with Gasteiger partial charge in [-0.25, -0.2) is 0 Å². The van der Waals surface area contributed by atoms with Crippen LogP contribution in [0.15, 0.2) is 18.2 Å². The summed E-state index contributed by atoms with van der Waals surface area (Å²) < 4.78 is 10.3. The van der Waals surface area contributed by atoms with Crippen LogP contribution in [0, 0.1) is 0 Å². The fraction of sp³-hybridized carbons (Fsp3) is 0.462. The van der Waals surface area contributed by atoms with E-state index in [4.69, 9.17) is 9.47 Å². The molecule has 4 nitrogen and oxygen atoms in total. The quantitative estimate of drug-likeness (QED) is 0.621. The van der Waals surface area contributed by atoms with Gasteiger partial charge in [0.1, 0.15) is 11.5 Å². The van der Waals surface area contributed by atoms with Gasteiger partial charge in [-0.15, -0.1) is 0 Å². The summed E-state index contributed by atoms with van der Waals surface area (Å²) in [5, 5.41) is 3.76. The van der Waals surface area contributed by atoms with Crippen LogP contribution in [0.2, 0.25) is 0 Å². The van der Waals surface area contributed by atoms with Crippen LogP contribution in [0.5, 0.6) is 11.5 Å². The van der Waals surface area contributed by atoms with E-state index >= 15 is 0 Å². The smallest absolute Gasteiger partial charge is 0.224 e. The normalized spacial score (nSPS) is 9.94. The van der Waals surface area contributed by atoms with Crippen molar-refractivity contribution < 1.29 is 14.3 Å². The number of alkyl halides is 1. The van der Waals surface area contributed by atoms with Crippen molar-refractivity contribution in [2.75, 3.05) is 24.9 Å². The minimum absolute atomic E-state index is 0.000540. The van der Waals surface area contributed by atoms with Crippen LogP contribution >= 0.6 is 15.9 Å². The Bertz CT molecular complexity index is 396. The second-order valence-corrected chi connectivity index (χ2v) is 4.55. The molecule has 5 heteroatoms. The Morgan fingerprint density at radius 1 is 1.28 bits per heavy atom. The Balaban J connectivity index is 2.63. The third kappa shape index (κ3) is 4.56. The van der Waals surface area contributed by atoms with Gasteiger partial charge in [0, 0.05) is 17.8 Å². The average Bonchev–Trinajstić information content (AvgIpc) is 2.39.